The molecule has 0 saturated heterocycles. The van der Waals surface area contributed by atoms with E-state index in [9.17, 15) is 0 Å². The predicted molar refractivity (Wildman–Crippen MR) is 111 cm³/mol. The van der Waals surface area contributed by atoms with Gasteiger partial charge in [-0.3, -0.25) is 0 Å². The highest BCUT2D eigenvalue weighted by Crippen LogP contribution is 2.42. The van der Waals surface area contributed by atoms with Crippen LogP contribution in [0.4, 0.5) is 0 Å². The van der Waals surface area contributed by atoms with Gasteiger partial charge in [0.15, 0.2) is 11.5 Å². The van der Waals surface area contributed by atoms with Gasteiger partial charge < -0.3 is 14.0 Å². The van der Waals surface area contributed by atoms with Gasteiger partial charge in [-0.25, -0.2) is 4.98 Å². The molecule has 7 heteroatoms. The molecule has 5 rings (SSSR count). The summed E-state index contributed by atoms with van der Waals surface area (Å²) in [6, 6.07) is 13.6. The molecule has 0 unspecified atom stereocenters. The third-order valence-corrected chi connectivity index (χ3v) is 5.93. The second kappa shape index (κ2) is 7.33. The zero-order chi connectivity index (χ0) is 19.8. The van der Waals surface area contributed by atoms with Gasteiger partial charge in [0, 0.05) is 22.4 Å². The number of hydrogen-bond acceptors (Lipinski definition) is 7. The average Bonchev–Trinajstić information content (AvgIpc) is 3.29. The number of methoxy groups -OCH3 is 2. The molecule has 1 aliphatic rings. The van der Waals surface area contributed by atoms with Gasteiger partial charge in [0.2, 0.25) is 5.82 Å². The Morgan fingerprint density at radius 2 is 1.83 bits per heavy atom. The van der Waals surface area contributed by atoms with E-state index in [1.807, 2.05) is 36.4 Å². The summed E-state index contributed by atoms with van der Waals surface area (Å²) < 4.78 is 16.4. The molecule has 0 radical (unpaired) electrons. The minimum absolute atomic E-state index is 0.380. The summed E-state index contributed by atoms with van der Waals surface area (Å²) in [6.45, 7) is 0. The fourth-order valence-electron chi connectivity index (χ4n) is 3.26. The first-order valence-corrected chi connectivity index (χ1v) is 10.3. The van der Waals surface area contributed by atoms with E-state index in [2.05, 4.69) is 21.6 Å². The van der Waals surface area contributed by atoms with Crippen molar-refractivity contribution in [2.45, 2.75) is 18.8 Å². The third-order valence-electron chi connectivity index (χ3n) is 4.92. The third kappa shape index (κ3) is 3.38. The van der Waals surface area contributed by atoms with E-state index in [0.29, 0.717) is 34.7 Å². The average molecular weight is 405 g/mol. The van der Waals surface area contributed by atoms with Crippen molar-refractivity contribution in [3.8, 4) is 45.6 Å². The van der Waals surface area contributed by atoms with Crippen LogP contribution >= 0.6 is 11.3 Å². The van der Waals surface area contributed by atoms with Crippen LogP contribution in [0.1, 0.15) is 23.8 Å². The summed E-state index contributed by atoms with van der Waals surface area (Å²) in [6.07, 6.45) is 2.51. The maximum absolute atomic E-state index is 5.53. The first-order chi connectivity index (χ1) is 14.3. The molecule has 1 aliphatic carbocycles. The minimum Gasteiger partial charge on any atom is -0.493 e. The molecule has 29 heavy (non-hydrogen) atoms. The van der Waals surface area contributed by atoms with Gasteiger partial charge in [-0.15, -0.1) is 11.3 Å². The number of thiazole rings is 1. The first-order valence-electron chi connectivity index (χ1n) is 9.38. The Morgan fingerprint density at radius 1 is 1.00 bits per heavy atom. The van der Waals surface area contributed by atoms with Gasteiger partial charge in [-0.2, -0.15) is 4.98 Å². The summed E-state index contributed by atoms with van der Waals surface area (Å²) in [4.78, 5) is 9.38. The second-order valence-corrected chi connectivity index (χ2v) is 7.78. The van der Waals surface area contributed by atoms with E-state index < -0.39 is 0 Å². The minimum atomic E-state index is 0.380. The number of ether oxygens (including phenoxy) is 2. The van der Waals surface area contributed by atoms with E-state index in [4.69, 9.17) is 19.0 Å². The molecule has 2 aromatic heterocycles. The van der Waals surface area contributed by atoms with Crippen molar-refractivity contribution in [3.05, 3.63) is 52.9 Å². The number of aromatic nitrogens is 3. The Labute approximate surface area is 172 Å². The Hall–Kier alpha value is -3.19. The summed E-state index contributed by atoms with van der Waals surface area (Å²) in [7, 11) is 3.19. The van der Waals surface area contributed by atoms with Crippen LogP contribution in [0.5, 0.6) is 11.5 Å². The first kappa shape index (κ1) is 17.9. The van der Waals surface area contributed by atoms with Crippen LogP contribution in [0.25, 0.3) is 34.1 Å². The molecule has 0 spiro atoms. The molecular weight excluding hydrogens is 386 g/mol. The van der Waals surface area contributed by atoms with Gasteiger partial charge in [0.1, 0.15) is 0 Å². The van der Waals surface area contributed by atoms with Crippen molar-refractivity contribution in [2.75, 3.05) is 14.2 Å². The summed E-state index contributed by atoms with van der Waals surface area (Å²) >= 11 is 1.74. The molecule has 6 nitrogen and oxygen atoms in total. The van der Waals surface area contributed by atoms with Gasteiger partial charge in [-0.05, 0) is 31.0 Å². The molecule has 0 bridgehead atoms. The molecule has 0 aliphatic heterocycles. The molecule has 0 atom stereocenters. The summed E-state index contributed by atoms with van der Waals surface area (Å²) in [5.41, 5.74) is 3.61. The highest BCUT2D eigenvalue weighted by molar-refractivity contribution is 7.10. The van der Waals surface area contributed by atoms with Crippen LogP contribution in [0.15, 0.2) is 52.4 Å². The van der Waals surface area contributed by atoms with E-state index in [0.717, 1.165) is 16.8 Å². The predicted octanol–water partition coefficient (Wildman–Crippen LogP) is 5.42. The van der Waals surface area contributed by atoms with Crippen LogP contribution in [0, 0.1) is 0 Å². The number of rotatable bonds is 6. The smallest absolute Gasteiger partial charge is 0.262 e. The number of hydrogen-bond donors (Lipinski definition) is 0. The van der Waals surface area contributed by atoms with Crippen LogP contribution in [-0.2, 0) is 0 Å². The molecular formula is C22H19N3O3S. The van der Waals surface area contributed by atoms with E-state index >= 15 is 0 Å². The van der Waals surface area contributed by atoms with Gasteiger partial charge >= 0.3 is 0 Å². The van der Waals surface area contributed by atoms with Gasteiger partial charge in [0.25, 0.3) is 5.89 Å². The van der Waals surface area contributed by atoms with Crippen molar-refractivity contribution >= 4 is 11.3 Å². The molecule has 4 aromatic rings. The maximum Gasteiger partial charge on any atom is 0.262 e. The Kier molecular flexibility index (Phi) is 4.52. The standard InChI is InChI=1S/C22H19N3O3S/c1-26-18-8-4-7-16(19(18)27-2)21-24-20(25-28-21)15-6-3-5-14(11-15)17-12-29-22(23-17)13-9-10-13/h3-8,11-13H,9-10H2,1-2H3. The maximum atomic E-state index is 5.53. The zero-order valence-electron chi connectivity index (χ0n) is 16.1. The monoisotopic (exact) mass is 405 g/mol. The highest BCUT2D eigenvalue weighted by Gasteiger charge is 2.26. The second-order valence-electron chi connectivity index (χ2n) is 6.89. The zero-order valence-corrected chi connectivity index (χ0v) is 16.9. The lowest BCUT2D eigenvalue weighted by Crippen LogP contribution is -1.93. The van der Waals surface area contributed by atoms with Crippen LogP contribution in [-0.4, -0.2) is 29.3 Å². The topological polar surface area (TPSA) is 70.3 Å². The lowest BCUT2D eigenvalue weighted by Gasteiger charge is -2.09. The largest absolute Gasteiger partial charge is 0.493 e. The molecule has 1 saturated carbocycles. The SMILES string of the molecule is COc1cccc(-c2nc(-c3cccc(-c4csc(C5CC5)n4)c3)no2)c1OC. The molecule has 2 heterocycles. The van der Waals surface area contributed by atoms with E-state index in [-0.39, 0.29) is 0 Å². The van der Waals surface area contributed by atoms with Crippen molar-refractivity contribution < 1.29 is 14.0 Å². The highest BCUT2D eigenvalue weighted by atomic mass is 32.1. The van der Waals surface area contributed by atoms with Crippen molar-refractivity contribution in [1.29, 1.82) is 0 Å². The fourth-order valence-corrected chi connectivity index (χ4v) is 4.26. The number of nitrogens with zero attached hydrogens (tertiary/aromatic N) is 3. The lowest BCUT2D eigenvalue weighted by atomic mass is 10.1. The Bertz CT molecular complexity index is 1160. The van der Waals surface area contributed by atoms with E-state index in [1.165, 1.54) is 17.8 Å². The molecule has 0 N–H and O–H groups in total. The van der Waals surface area contributed by atoms with Crippen LogP contribution < -0.4 is 9.47 Å². The quantitative estimate of drug-likeness (QED) is 0.426. The van der Waals surface area contributed by atoms with Crippen LogP contribution in [0.2, 0.25) is 0 Å². The van der Waals surface area contributed by atoms with Gasteiger partial charge in [-0.1, -0.05) is 29.4 Å². The van der Waals surface area contributed by atoms with Crippen LogP contribution in [0.3, 0.4) is 0 Å². The van der Waals surface area contributed by atoms with Gasteiger partial charge in [0.05, 0.1) is 30.5 Å². The Balaban J connectivity index is 1.48. The summed E-state index contributed by atoms with van der Waals surface area (Å²) in [5, 5.41) is 7.53. The van der Waals surface area contributed by atoms with Crippen molar-refractivity contribution in [2.24, 2.45) is 0 Å². The van der Waals surface area contributed by atoms with Crippen molar-refractivity contribution in [3.63, 3.8) is 0 Å². The lowest BCUT2D eigenvalue weighted by molar-refractivity contribution is 0.353. The summed E-state index contributed by atoms with van der Waals surface area (Å²) in [5.74, 6) is 2.74. The molecule has 146 valence electrons. The normalized spacial score (nSPS) is 13.4. The van der Waals surface area contributed by atoms with E-state index in [1.54, 1.807) is 25.6 Å². The molecule has 2 aromatic carbocycles. The fraction of sp³-hybridized carbons (Fsp3) is 0.227. The Morgan fingerprint density at radius 3 is 2.62 bits per heavy atom. The number of para-hydroxylation sites is 1. The molecule has 1 fully saturated rings. The number of benzene rings is 2. The van der Waals surface area contributed by atoms with Crippen molar-refractivity contribution in [1.82, 2.24) is 15.1 Å². The molecule has 0 amide bonds.